The predicted molar refractivity (Wildman–Crippen MR) is 119 cm³/mol. The smallest absolute Gasteiger partial charge is 0.191 e. The van der Waals surface area contributed by atoms with Gasteiger partial charge in [0.1, 0.15) is 0 Å². The fourth-order valence-electron chi connectivity index (χ4n) is 4.29. The molecule has 2 heterocycles. The molecule has 2 fully saturated rings. The molecule has 0 amide bonds. The van der Waals surface area contributed by atoms with E-state index in [2.05, 4.69) is 56.6 Å². The molecular weight excluding hydrogens is 346 g/mol. The highest BCUT2D eigenvalue weighted by molar-refractivity contribution is 5.79. The van der Waals surface area contributed by atoms with E-state index in [1.54, 1.807) is 0 Å². The summed E-state index contributed by atoms with van der Waals surface area (Å²) in [6, 6.07) is 9.05. The Morgan fingerprint density at radius 2 is 1.50 bits per heavy atom. The Balaban J connectivity index is 1.36. The average Bonchev–Trinajstić information content (AvgIpc) is 3.23. The van der Waals surface area contributed by atoms with Gasteiger partial charge in [-0.2, -0.15) is 0 Å². The van der Waals surface area contributed by atoms with Gasteiger partial charge in [0.05, 0.1) is 0 Å². The van der Waals surface area contributed by atoms with E-state index in [4.69, 9.17) is 0 Å². The Morgan fingerprint density at radius 1 is 0.893 bits per heavy atom. The van der Waals surface area contributed by atoms with E-state index in [1.807, 2.05) is 7.05 Å². The van der Waals surface area contributed by atoms with Crippen molar-refractivity contribution in [1.82, 2.24) is 20.4 Å². The van der Waals surface area contributed by atoms with Gasteiger partial charge in [-0.3, -0.25) is 9.89 Å². The molecule has 0 radical (unpaired) electrons. The van der Waals surface area contributed by atoms with E-state index in [9.17, 15) is 0 Å². The third-order valence-corrected chi connectivity index (χ3v) is 5.95. The van der Waals surface area contributed by atoms with Crippen LogP contribution in [0.4, 0.5) is 0 Å². The maximum absolute atomic E-state index is 4.38. The largest absolute Gasteiger partial charge is 0.356 e. The summed E-state index contributed by atoms with van der Waals surface area (Å²) in [5, 5.41) is 6.93. The lowest BCUT2D eigenvalue weighted by Crippen LogP contribution is -2.41. The number of hydrogen-bond acceptors (Lipinski definition) is 3. The SMILES string of the molecule is CN=C(NCc1ccc(CN2CCCCC2)cc1)NCC(C)CN1CCCC1. The number of likely N-dealkylation sites (tertiary alicyclic amines) is 2. The Bertz CT molecular complexity index is 586. The van der Waals surface area contributed by atoms with Crippen LogP contribution in [0.5, 0.6) is 0 Å². The average molecular weight is 386 g/mol. The predicted octanol–water partition coefficient (Wildman–Crippen LogP) is 3.07. The van der Waals surface area contributed by atoms with Crippen LogP contribution in [-0.2, 0) is 13.1 Å². The van der Waals surface area contributed by atoms with Crippen LogP contribution in [0.25, 0.3) is 0 Å². The zero-order valence-electron chi connectivity index (χ0n) is 17.9. The van der Waals surface area contributed by atoms with Crippen LogP contribution in [0.1, 0.15) is 50.2 Å². The quantitative estimate of drug-likeness (QED) is 0.533. The Hall–Kier alpha value is -1.59. The molecule has 2 N–H and O–H groups in total. The lowest BCUT2D eigenvalue weighted by Gasteiger charge is -2.26. The highest BCUT2D eigenvalue weighted by Gasteiger charge is 2.15. The Labute approximate surface area is 171 Å². The van der Waals surface area contributed by atoms with Crippen molar-refractivity contribution in [3.8, 4) is 0 Å². The molecule has 1 aromatic carbocycles. The van der Waals surface area contributed by atoms with Crippen molar-refractivity contribution in [1.29, 1.82) is 0 Å². The molecule has 3 rings (SSSR count). The highest BCUT2D eigenvalue weighted by atomic mass is 15.2. The lowest BCUT2D eigenvalue weighted by atomic mass is 10.1. The first-order valence-corrected chi connectivity index (χ1v) is 11.2. The molecule has 0 bridgehead atoms. The van der Waals surface area contributed by atoms with Gasteiger partial charge in [0.15, 0.2) is 5.96 Å². The minimum Gasteiger partial charge on any atom is -0.356 e. The molecule has 1 aromatic rings. The van der Waals surface area contributed by atoms with Gasteiger partial charge in [-0.05, 0) is 68.9 Å². The third kappa shape index (κ3) is 7.10. The van der Waals surface area contributed by atoms with Crippen molar-refractivity contribution in [2.45, 2.75) is 52.1 Å². The first kappa shape index (κ1) is 21.1. The molecule has 28 heavy (non-hydrogen) atoms. The summed E-state index contributed by atoms with van der Waals surface area (Å²) in [4.78, 5) is 9.53. The number of nitrogens with one attached hydrogen (secondary N) is 2. The number of rotatable bonds is 8. The molecule has 0 aromatic heterocycles. The normalized spacial score (nSPS) is 20.3. The fourth-order valence-corrected chi connectivity index (χ4v) is 4.29. The molecule has 156 valence electrons. The standard InChI is InChI=1S/C23H39N5/c1-20(18-27-14-6-7-15-27)16-25-23(24-2)26-17-21-8-10-22(11-9-21)19-28-12-4-3-5-13-28/h8-11,20H,3-7,12-19H2,1-2H3,(H2,24,25,26). The van der Waals surface area contributed by atoms with Crippen molar-refractivity contribution in [2.24, 2.45) is 10.9 Å². The van der Waals surface area contributed by atoms with E-state index in [0.717, 1.165) is 25.6 Å². The van der Waals surface area contributed by atoms with Gasteiger partial charge in [0.2, 0.25) is 0 Å². The second-order valence-corrected chi connectivity index (χ2v) is 8.57. The Morgan fingerprint density at radius 3 is 2.18 bits per heavy atom. The second kappa shape index (κ2) is 11.4. The van der Waals surface area contributed by atoms with E-state index < -0.39 is 0 Å². The minimum atomic E-state index is 0.630. The third-order valence-electron chi connectivity index (χ3n) is 5.95. The molecule has 0 saturated carbocycles. The molecule has 5 heteroatoms. The van der Waals surface area contributed by atoms with Crippen molar-refractivity contribution in [3.05, 3.63) is 35.4 Å². The summed E-state index contributed by atoms with van der Waals surface area (Å²) in [7, 11) is 1.85. The number of aliphatic imine (C=N–C) groups is 1. The minimum absolute atomic E-state index is 0.630. The summed E-state index contributed by atoms with van der Waals surface area (Å²) in [5.74, 6) is 1.52. The molecular formula is C23H39N5. The van der Waals surface area contributed by atoms with Crippen LogP contribution < -0.4 is 10.6 Å². The molecule has 2 aliphatic heterocycles. The number of piperidine rings is 1. The Kier molecular flexibility index (Phi) is 8.62. The number of hydrogen-bond donors (Lipinski definition) is 2. The maximum Gasteiger partial charge on any atom is 0.191 e. The summed E-state index contributed by atoms with van der Waals surface area (Å²) >= 11 is 0. The van der Waals surface area contributed by atoms with Crippen LogP contribution in [-0.4, -0.2) is 62.1 Å². The highest BCUT2D eigenvalue weighted by Crippen LogP contribution is 2.14. The second-order valence-electron chi connectivity index (χ2n) is 8.57. The summed E-state index contributed by atoms with van der Waals surface area (Å²) in [6.07, 6.45) is 6.82. The van der Waals surface area contributed by atoms with Gasteiger partial charge in [-0.25, -0.2) is 0 Å². The van der Waals surface area contributed by atoms with Gasteiger partial charge in [-0.1, -0.05) is 37.6 Å². The zero-order valence-corrected chi connectivity index (χ0v) is 17.9. The topological polar surface area (TPSA) is 42.9 Å². The van der Waals surface area contributed by atoms with Crippen molar-refractivity contribution in [3.63, 3.8) is 0 Å². The van der Waals surface area contributed by atoms with Crippen LogP contribution in [0.3, 0.4) is 0 Å². The van der Waals surface area contributed by atoms with Crippen LogP contribution in [0, 0.1) is 5.92 Å². The summed E-state index contributed by atoms with van der Waals surface area (Å²) in [6.45, 7) is 11.4. The van der Waals surface area contributed by atoms with Gasteiger partial charge < -0.3 is 15.5 Å². The molecule has 0 aliphatic carbocycles. The number of nitrogens with zero attached hydrogens (tertiary/aromatic N) is 3. The van der Waals surface area contributed by atoms with Gasteiger partial charge >= 0.3 is 0 Å². The van der Waals surface area contributed by atoms with Crippen LogP contribution in [0.2, 0.25) is 0 Å². The van der Waals surface area contributed by atoms with Crippen LogP contribution >= 0.6 is 0 Å². The number of benzene rings is 1. The monoisotopic (exact) mass is 385 g/mol. The fraction of sp³-hybridized carbons (Fsp3) is 0.696. The number of guanidine groups is 1. The first-order valence-electron chi connectivity index (χ1n) is 11.2. The molecule has 0 spiro atoms. The molecule has 2 saturated heterocycles. The van der Waals surface area contributed by atoms with E-state index in [1.165, 1.54) is 76.0 Å². The van der Waals surface area contributed by atoms with E-state index in [-0.39, 0.29) is 0 Å². The zero-order chi connectivity index (χ0) is 19.6. The van der Waals surface area contributed by atoms with Crippen molar-refractivity contribution in [2.75, 3.05) is 46.3 Å². The molecule has 5 nitrogen and oxygen atoms in total. The van der Waals surface area contributed by atoms with Gasteiger partial charge in [0, 0.05) is 33.2 Å². The van der Waals surface area contributed by atoms with E-state index >= 15 is 0 Å². The van der Waals surface area contributed by atoms with Crippen molar-refractivity contribution < 1.29 is 0 Å². The lowest BCUT2D eigenvalue weighted by molar-refractivity contribution is 0.221. The summed E-state index contributed by atoms with van der Waals surface area (Å²) < 4.78 is 0. The van der Waals surface area contributed by atoms with Crippen LogP contribution in [0.15, 0.2) is 29.3 Å². The van der Waals surface area contributed by atoms with Gasteiger partial charge in [0.25, 0.3) is 0 Å². The maximum atomic E-state index is 4.38. The molecule has 1 atom stereocenters. The van der Waals surface area contributed by atoms with Crippen molar-refractivity contribution >= 4 is 5.96 Å². The summed E-state index contributed by atoms with van der Waals surface area (Å²) in [5.41, 5.74) is 2.72. The van der Waals surface area contributed by atoms with E-state index in [0.29, 0.717) is 5.92 Å². The molecule has 2 aliphatic rings. The first-order chi connectivity index (χ1) is 13.7. The van der Waals surface area contributed by atoms with Gasteiger partial charge in [-0.15, -0.1) is 0 Å². The molecule has 1 unspecified atom stereocenters.